The Bertz CT molecular complexity index is 1200. The first kappa shape index (κ1) is 23.0. The molecule has 0 unspecified atom stereocenters. The van der Waals surface area contributed by atoms with Crippen molar-refractivity contribution in [3.05, 3.63) is 59.0 Å². The van der Waals surface area contributed by atoms with E-state index in [4.69, 9.17) is 4.74 Å². The number of fused-ring (bicyclic) bond motifs is 4. The lowest BCUT2D eigenvalue weighted by Gasteiger charge is -2.44. The molecule has 3 aliphatic heterocycles. The number of methoxy groups -OCH3 is 1. The molecule has 1 N–H and O–H groups in total. The SMILES string of the molecule is COCCN(C)C(=O)c1cccc(-c2cccc3cc(C(=O)N[C@H]4CN5CCC4CC5)sc23)c1. The van der Waals surface area contributed by atoms with E-state index in [9.17, 15) is 9.59 Å². The second-order valence-corrected chi connectivity index (χ2v) is 10.4. The fourth-order valence-corrected chi connectivity index (χ4v) is 6.24. The van der Waals surface area contributed by atoms with Gasteiger partial charge in [-0.15, -0.1) is 11.3 Å². The van der Waals surface area contributed by atoms with Gasteiger partial charge in [-0.1, -0.05) is 30.3 Å². The van der Waals surface area contributed by atoms with Gasteiger partial charge in [0.25, 0.3) is 11.8 Å². The second kappa shape index (κ2) is 9.86. The number of hydrogen-bond acceptors (Lipinski definition) is 5. The number of likely N-dealkylation sites (N-methyl/N-ethyl adjacent to an activating group) is 1. The summed E-state index contributed by atoms with van der Waals surface area (Å²) in [6, 6.07) is 16.1. The first-order valence-electron chi connectivity index (χ1n) is 11.9. The van der Waals surface area contributed by atoms with Crippen LogP contribution < -0.4 is 5.32 Å². The summed E-state index contributed by atoms with van der Waals surface area (Å²) in [5.41, 5.74) is 2.66. The molecule has 0 saturated carbocycles. The van der Waals surface area contributed by atoms with Crippen LogP contribution in [0.2, 0.25) is 0 Å². The summed E-state index contributed by atoms with van der Waals surface area (Å²) >= 11 is 1.53. The minimum absolute atomic E-state index is 0.0228. The molecule has 0 aliphatic carbocycles. The standard InChI is InChI=1S/C27H31N3O3S/c1-29(13-14-33-2)27(32)21-7-3-5-19(15-21)22-8-4-6-20-16-24(34-25(20)22)26(31)28-23-17-30-11-9-18(23)10-12-30/h3-8,15-16,18,23H,9-14,17H2,1-2H3,(H,28,31)/t23-/m0/s1. The molecule has 2 amide bonds. The molecule has 0 spiro atoms. The highest BCUT2D eigenvalue weighted by molar-refractivity contribution is 7.21. The van der Waals surface area contributed by atoms with Crippen molar-refractivity contribution in [1.82, 2.24) is 15.1 Å². The van der Waals surface area contributed by atoms with E-state index >= 15 is 0 Å². The van der Waals surface area contributed by atoms with Crippen molar-refractivity contribution in [1.29, 1.82) is 0 Å². The number of nitrogens with one attached hydrogen (secondary N) is 1. The zero-order chi connectivity index (χ0) is 23.7. The van der Waals surface area contributed by atoms with E-state index in [1.807, 2.05) is 42.5 Å². The van der Waals surface area contributed by atoms with E-state index in [1.165, 1.54) is 24.2 Å². The number of thiophene rings is 1. The van der Waals surface area contributed by atoms with Crippen LogP contribution in [0.5, 0.6) is 0 Å². The normalized spacial score (nSPS) is 21.5. The second-order valence-electron chi connectivity index (χ2n) is 9.35. The number of carbonyl (C=O) groups excluding carboxylic acids is 2. The molecule has 178 valence electrons. The lowest BCUT2D eigenvalue weighted by atomic mass is 9.84. The smallest absolute Gasteiger partial charge is 0.261 e. The molecular weight excluding hydrogens is 446 g/mol. The minimum atomic E-state index is -0.0326. The minimum Gasteiger partial charge on any atom is -0.383 e. The third-order valence-corrected chi connectivity index (χ3v) is 8.32. The van der Waals surface area contributed by atoms with Gasteiger partial charge in [0, 0.05) is 43.6 Å². The van der Waals surface area contributed by atoms with E-state index in [0.29, 0.717) is 24.6 Å². The maximum Gasteiger partial charge on any atom is 0.261 e. The molecule has 6 rings (SSSR count). The van der Waals surface area contributed by atoms with Crippen LogP contribution in [0.3, 0.4) is 0 Å². The number of amides is 2. The average Bonchev–Trinajstić information content (AvgIpc) is 3.32. The van der Waals surface area contributed by atoms with E-state index in [2.05, 4.69) is 16.3 Å². The molecule has 2 aromatic carbocycles. The third kappa shape index (κ3) is 4.60. The Balaban J connectivity index is 1.39. The number of carbonyl (C=O) groups is 2. The fourth-order valence-electron chi connectivity index (χ4n) is 5.14. The molecule has 2 bridgehead atoms. The summed E-state index contributed by atoms with van der Waals surface area (Å²) in [7, 11) is 3.42. The molecule has 3 saturated heterocycles. The molecular formula is C27H31N3O3S. The Hall–Kier alpha value is -2.74. The van der Waals surface area contributed by atoms with Crippen LogP contribution in [0.15, 0.2) is 48.5 Å². The van der Waals surface area contributed by atoms with Crippen molar-refractivity contribution in [2.75, 3.05) is 46.9 Å². The Morgan fingerprint density at radius 2 is 1.94 bits per heavy atom. The molecule has 1 atom stereocenters. The maximum absolute atomic E-state index is 13.1. The van der Waals surface area contributed by atoms with Gasteiger partial charge in [0.15, 0.2) is 0 Å². The topological polar surface area (TPSA) is 61.9 Å². The highest BCUT2D eigenvalue weighted by Gasteiger charge is 2.35. The number of benzene rings is 2. The number of hydrogen-bond donors (Lipinski definition) is 1. The molecule has 3 aromatic rings. The van der Waals surface area contributed by atoms with Crippen LogP contribution in [0.4, 0.5) is 0 Å². The van der Waals surface area contributed by atoms with Crippen molar-refractivity contribution in [2.24, 2.45) is 5.92 Å². The number of ether oxygens (including phenoxy) is 1. The van der Waals surface area contributed by atoms with Crippen molar-refractivity contribution in [3.63, 3.8) is 0 Å². The van der Waals surface area contributed by atoms with Crippen LogP contribution in [-0.2, 0) is 4.74 Å². The number of nitrogens with zero attached hydrogens (tertiary/aromatic N) is 2. The molecule has 1 aromatic heterocycles. The molecule has 34 heavy (non-hydrogen) atoms. The quantitative estimate of drug-likeness (QED) is 0.556. The van der Waals surface area contributed by atoms with Gasteiger partial charge < -0.3 is 19.9 Å². The predicted molar refractivity (Wildman–Crippen MR) is 137 cm³/mol. The largest absolute Gasteiger partial charge is 0.383 e. The molecule has 3 fully saturated rings. The zero-order valence-electron chi connectivity index (χ0n) is 19.8. The van der Waals surface area contributed by atoms with Gasteiger partial charge in [0.05, 0.1) is 11.5 Å². The van der Waals surface area contributed by atoms with Gasteiger partial charge in [-0.05, 0) is 66.6 Å². The van der Waals surface area contributed by atoms with Crippen molar-refractivity contribution in [2.45, 2.75) is 18.9 Å². The van der Waals surface area contributed by atoms with Crippen LogP contribution in [0, 0.1) is 5.92 Å². The van der Waals surface area contributed by atoms with E-state index in [-0.39, 0.29) is 17.9 Å². The van der Waals surface area contributed by atoms with Gasteiger partial charge in [0.1, 0.15) is 0 Å². The Kier molecular flexibility index (Phi) is 6.68. The number of piperidine rings is 3. The monoisotopic (exact) mass is 477 g/mol. The van der Waals surface area contributed by atoms with Gasteiger partial charge in [0.2, 0.25) is 0 Å². The van der Waals surface area contributed by atoms with Crippen molar-refractivity contribution < 1.29 is 14.3 Å². The summed E-state index contributed by atoms with van der Waals surface area (Å²) in [5, 5.41) is 4.36. The fraction of sp³-hybridized carbons (Fsp3) is 0.407. The highest BCUT2D eigenvalue weighted by Crippen LogP contribution is 2.36. The van der Waals surface area contributed by atoms with E-state index < -0.39 is 0 Å². The van der Waals surface area contributed by atoms with Gasteiger partial charge in [-0.2, -0.15) is 0 Å². The molecule has 4 heterocycles. The summed E-state index contributed by atoms with van der Waals surface area (Å²) in [6.07, 6.45) is 2.36. The highest BCUT2D eigenvalue weighted by atomic mass is 32.1. The first-order valence-corrected chi connectivity index (χ1v) is 12.8. The Morgan fingerprint density at radius 1 is 1.15 bits per heavy atom. The van der Waals surface area contributed by atoms with E-state index in [0.717, 1.165) is 45.7 Å². The first-order chi connectivity index (χ1) is 16.5. The van der Waals surface area contributed by atoms with Crippen molar-refractivity contribution >= 4 is 33.2 Å². The lowest BCUT2D eigenvalue weighted by molar-refractivity contribution is 0.0622. The Morgan fingerprint density at radius 3 is 2.68 bits per heavy atom. The van der Waals surface area contributed by atoms with E-state index in [1.54, 1.807) is 19.1 Å². The van der Waals surface area contributed by atoms with Crippen LogP contribution in [0.25, 0.3) is 21.2 Å². The Labute approximate surface area is 204 Å². The van der Waals surface area contributed by atoms with Crippen molar-refractivity contribution in [3.8, 4) is 11.1 Å². The molecule has 7 heteroatoms. The predicted octanol–water partition coefficient (Wildman–Crippen LogP) is 4.11. The summed E-state index contributed by atoms with van der Waals surface area (Å²) in [4.78, 5) is 30.8. The maximum atomic E-state index is 13.1. The third-order valence-electron chi connectivity index (χ3n) is 7.14. The van der Waals surface area contributed by atoms with Crippen LogP contribution in [0.1, 0.15) is 32.9 Å². The van der Waals surface area contributed by atoms with Crippen LogP contribution >= 0.6 is 11.3 Å². The van der Waals surface area contributed by atoms with Crippen LogP contribution in [-0.4, -0.2) is 74.6 Å². The average molecular weight is 478 g/mol. The van der Waals surface area contributed by atoms with Gasteiger partial charge in [-0.25, -0.2) is 0 Å². The summed E-state index contributed by atoms with van der Waals surface area (Å²) in [6.45, 7) is 4.32. The number of rotatable bonds is 7. The van der Waals surface area contributed by atoms with Gasteiger partial charge >= 0.3 is 0 Å². The lowest BCUT2D eigenvalue weighted by Crippen LogP contribution is -2.57. The molecule has 6 nitrogen and oxygen atoms in total. The molecule has 3 aliphatic rings. The van der Waals surface area contributed by atoms with Gasteiger partial charge in [-0.3, -0.25) is 9.59 Å². The zero-order valence-corrected chi connectivity index (χ0v) is 20.6. The molecule has 0 radical (unpaired) electrons. The summed E-state index contributed by atoms with van der Waals surface area (Å²) < 4.78 is 6.16. The summed E-state index contributed by atoms with van der Waals surface area (Å²) in [5.74, 6) is 0.589.